The van der Waals surface area contributed by atoms with Crippen LogP contribution in [0.2, 0.25) is 0 Å². The second kappa shape index (κ2) is 12.3. The van der Waals surface area contributed by atoms with Crippen LogP contribution in [0.25, 0.3) is 0 Å². The molecule has 7 nitrogen and oxygen atoms in total. The molecule has 1 aliphatic rings. The van der Waals surface area contributed by atoms with E-state index in [1.54, 1.807) is 25.7 Å². The third kappa shape index (κ3) is 6.83. The number of nitrogens with one attached hydrogen (secondary N) is 1. The molecule has 1 amide bonds. The molecule has 1 heterocycles. The lowest BCUT2D eigenvalue weighted by atomic mass is 10.0. The molecule has 1 saturated heterocycles. The Kier molecular flexibility index (Phi) is 9.80. The van der Waals surface area contributed by atoms with Crippen LogP contribution in [0, 0.1) is 0 Å². The maximum absolute atomic E-state index is 13.2. The van der Waals surface area contributed by atoms with Gasteiger partial charge in [-0.05, 0) is 58.4 Å². The highest BCUT2D eigenvalue weighted by Gasteiger charge is 2.35. The van der Waals surface area contributed by atoms with E-state index >= 15 is 0 Å². The summed E-state index contributed by atoms with van der Waals surface area (Å²) in [5.74, 6) is -0.921. The average Bonchev–Trinajstić information content (AvgIpc) is 2.93. The molecular weight excluding hydrogens is 384 g/mol. The summed E-state index contributed by atoms with van der Waals surface area (Å²) in [7, 11) is 0. The first kappa shape index (κ1) is 23.9. The van der Waals surface area contributed by atoms with Gasteiger partial charge in [0.15, 0.2) is 0 Å². The topological polar surface area (TPSA) is 84.9 Å². The Morgan fingerprint density at radius 2 is 1.77 bits per heavy atom. The molecule has 0 radical (unpaired) electrons. The molecule has 1 aromatic rings. The van der Waals surface area contributed by atoms with Gasteiger partial charge in [-0.1, -0.05) is 30.3 Å². The highest BCUT2D eigenvalue weighted by atomic mass is 16.5. The summed E-state index contributed by atoms with van der Waals surface area (Å²) in [6, 6.07) is 8.14. The zero-order valence-electron chi connectivity index (χ0n) is 18.3. The van der Waals surface area contributed by atoms with Crippen LogP contribution in [-0.2, 0) is 30.3 Å². The number of carbonyl (C=O) groups excluding carboxylic acids is 3. The van der Waals surface area contributed by atoms with Crippen molar-refractivity contribution in [3.8, 4) is 0 Å². The number of rotatable bonds is 10. The normalized spacial score (nSPS) is 19.0. The molecular formula is C23H34N2O5. The second-order valence-corrected chi connectivity index (χ2v) is 7.50. The van der Waals surface area contributed by atoms with Crippen molar-refractivity contribution in [1.29, 1.82) is 0 Å². The van der Waals surface area contributed by atoms with E-state index in [-0.39, 0.29) is 25.1 Å². The Labute approximate surface area is 179 Å². The van der Waals surface area contributed by atoms with Crippen LogP contribution < -0.4 is 5.32 Å². The molecule has 1 fully saturated rings. The number of carbonyl (C=O) groups is 3. The summed E-state index contributed by atoms with van der Waals surface area (Å²) in [5.41, 5.74) is 1.12. The molecule has 1 N–H and O–H groups in total. The van der Waals surface area contributed by atoms with E-state index in [0.29, 0.717) is 25.8 Å². The first-order valence-electron chi connectivity index (χ1n) is 10.9. The van der Waals surface area contributed by atoms with E-state index in [9.17, 15) is 14.4 Å². The Bertz CT molecular complexity index is 694. The van der Waals surface area contributed by atoms with Gasteiger partial charge in [0.2, 0.25) is 5.91 Å². The summed E-state index contributed by atoms with van der Waals surface area (Å²) in [4.78, 5) is 39.5. The molecule has 2 rings (SSSR count). The minimum atomic E-state index is -0.648. The van der Waals surface area contributed by atoms with Crippen LogP contribution in [0.15, 0.2) is 30.3 Å². The van der Waals surface area contributed by atoms with Gasteiger partial charge in [0.25, 0.3) is 0 Å². The second-order valence-electron chi connectivity index (χ2n) is 7.50. The highest BCUT2D eigenvalue weighted by Crippen LogP contribution is 2.17. The summed E-state index contributed by atoms with van der Waals surface area (Å²) in [6.07, 6.45) is 3.48. The van der Waals surface area contributed by atoms with Gasteiger partial charge in [-0.25, -0.2) is 4.79 Å². The number of esters is 2. The van der Waals surface area contributed by atoms with E-state index in [0.717, 1.165) is 18.4 Å². The molecule has 1 aromatic carbocycles. The molecule has 0 spiro atoms. The number of hydrogen-bond acceptors (Lipinski definition) is 6. The van der Waals surface area contributed by atoms with E-state index in [1.165, 1.54) is 0 Å². The van der Waals surface area contributed by atoms with Crippen molar-refractivity contribution < 1.29 is 23.9 Å². The van der Waals surface area contributed by atoms with E-state index in [1.807, 2.05) is 30.3 Å². The first-order chi connectivity index (χ1) is 14.5. The van der Waals surface area contributed by atoms with Crippen LogP contribution in [0.1, 0.15) is 52.0 Å². The zero-order valence-corrected chi connectivity index (χ0v) is 18.3. The molecule has 30 heavy (non-hydrogen) atoms. The van der Waals surface area contributed by atoms with Gasteiger partial charge in [0.1, 0.15) is 12.1 Å². The average molecular weight is 419 g/mol. The molecule has 0 aliphatic carbocycles. The molecule has 0 bridgehead atoms. The summed E-state index contributed by atoms with van der Waals surface area (Å²) >= 11 is 0. The molecule has 3 atom stereocenters. The first-order valence-corrected chi connectivity index (χ1v) is 10.9. The number of aryl methyl sites for hydroxylation is 1. The number of nitrogens with zero attached hydrogens (tertiary/aromatic N) is 1. The highest BCUT2D eigenvalue weighted by molar-refractivity contribution is 5.88. The Morgan fingerprint density at radius 3 is 2.43 bits per heavy atom. The van der Waals surface area contributed by atoms with Crippen molar-refractivity contribution in [2.75, 3.05) is 19.8 Å². The van der Waals surface area contributed by atoms with Gasteiger partial charge in [0.05, 0.1) is 19.3 Å². The van der Waals surface area contributed by atoms with E-state index < -0.39 is 24.1 Å². The Morgan fingerprint density at radius 1 is 1.10 bits per heavy atom. The van der Waals surface area contributed by atoms with Crippen molar-refractivity contribution in [3.05, 3.63) is 35.9 Å². The number of ether oxygens (including phenoxy) is 2. The summed E-state index contributed by atoms with van der Waals surface area (Å²) in [6.45, 7) is 6.27. The maximum atomic E-state index is 13.2. The smallest absolute Gasteiger partial charge is 0.328 e. The van der Waals surface area contributed by atoms with Crippen LogP contribution >= 0.6 is 0 Å². The lowest BCUT2D eigenvalue weighted by Crippen LogP contribution is -2.54. The van der Waals surface area contributed by atoms with Gasteiger partial charge in [-0.15, -0.1) is 0 Å². The van der Waals surface area contributed by atoms with Crippen molar-refractivity contribution >= 4 is 17.8 Å². The van der Waals surface area contributed by atoms with Crippen LogP contribution in [0.5, 0.6) is 0 Å². The lowest BCUT2D eigenvalue weighted by molar-refractivity contribution is -0.155. The van der Waals surface area contributed by atoms with Crippen LogP contribution in [-0.4, -0.2) is 60.6 Å². The summed E-state index contributed by atoms with van der Waals surface area (Å²) < 4.78 is 10.3. The predicted molar refractivity (Wildman–Crippen MR) is 114 cm³/mol. The number of hydrogen-bond donors (Lipinski definition) is 1. The SMILES string of the molecule is CCOC(=O)C(C)N1CCCCC(N[C@@H](CCc2ccccc2)C(=O)OCC)C1=O. The van der Waals surface area contributed by atoms with Crippen LogP contribution in [0.4, 0.5) is 0 Å². The standard InChI is InChI=1S/C23H34N2O5/c1-4-29-22(27)17(3)25-16-10-9-13-19(21(25)26)24-20(23(28)30-5-2)15-14-18-11-7-6-8-12-18/h6-8,11-12,17,19-20,24H,4-5,9-10,13-16H2,1-3H3/t17?,19?,20-/m0/s1. The van der Waals surface area contributed by atoms with Crippen molar-refractivity contribution in [3.63, 3.8) is 0 Å². The molecule has 0 aromatic heterocycles. The molecule has 0 saturated carbocycles. The number of amides is 1. The largest absolute Gasteiger partial charge is 0.465 e. The zero-order chi connectivity index (χ0) is 21.9. The lowest BCUT2D eigenvalue weighted by Gasteiger charge is -2.30. The predicted octanol–water partition coefficient (Wildman–Crippen LogP) is 2.47. The number of likely N-dealkylation sites (tertiary alicyclic amines) is 1. The van der Waals surface area contributed by atoms with Crippen LogP contribution in [0.3, 0.4) is 0 Å². The van der Waals surface area contributed by atoms with E-state index in [4.69, 9.17) is 9.47 Å². The molecule has 1 aliphatic heterocycles. The fourth-order valence-electron chi connectivity index (χ4n) is 3.70. The van der Waals surface area contributed by atoms with Gasteiger partial charge in [-0.2, -0.15) is 0 Å². The molecule has 7 heteroatoms. The maximum Gasteiger partial charge on any atom is 0.328 e. The third-order valence-electron chi connectivity index (χ3n) is 5.36. The van der Waals surface area contributed by atoms with Gasteiger partial charge in [0, 0.05) is 6.54 Å². The monoisotopic (exact) mass is 418 g/mol. The van der Waals surface area contributed by atoms with Gasteiger partial charge >= 0.3 is 11.9 Å². The fraction of sp³-hybridized carbons (Fsp3) is 0.609. The quantitative estimate of drug-likeness (QED) is 0.588. The minimum Gasteiger partial charge on any atom is -0.465 e. The van der Waals surface area contributed by atoms with Crippen molar-refractivity contribution in [2.24, 2.45) is 0 Å². The minimum absolute atomic E-state index is 0.165. The Balaban J connectivity index is 2.10. The van der Waals surface area contributed by atoms with Gasteiger partial charge < -0.3 is 14.4 Å². The van der Waals surface area contributed by atoms with Gasteiger partial charge in [-0.3, -0.25) is 14.9 Å². The molecule has 166 valence electrons. The third-order valence-corrected chi connectivity index (χ3v) is 5.36. The van der Waals surface area contributed by atoms with Crippen molar-refractivity contribution in [2.45, 2.75) is 71.0 Å². The summed E-state index contributed by atoms with van der Waals surface area (Å²) in [5, 5.41) is 3.24. The Hall–Kier alpha value is -2.41. The number of benzene rings is 1. The molecule has 2 unspecified atom stereocenters. The van der Waals surface area contributed by atoms with E-state index in [2.05, 4.69) is 5.32 Å². The van der Waals surface area contributed by atoms with Crippen molar-refractivity contribution in [1.82, 2.24) is 10.2 Å². The fourth-order valence-corrected chi connectivity index (χ4v) is 3.70.